The van der Waals surface area contributed by atoms with E-state index in [2.05, 4.69) is 398 Å². The van der Waals surface area contributed by atoms with Crippen molar-refractivity contribution in [2.45, 2.75) is 48.5 Å². The summed E-state index contributed by atoms with van der Waals surface area (Å²) < 4.78 is 0. The smallest absolute Gasteiger partial charge is 0.159 e. The van der Waals surface area contributed by atoms with E-state index in [0.717, 1.165) is 117 Å². The normalized spacial score (nSPS) is 10.7. The Bertz CT molecular complexity index is 8210. The Hall–Kier alpha value is -18.9. The average Bonchev–Trinajstić information content (AvgIpc) is 0.811. The second kappa shape index (κ2) is 45.8. The molecule has 0 aliphatic rings. The molecule has 25 rings (SSSR count). The molecule has 0 saturated carbocycles. The highest BCUT2D eigenvalue weighted by molar-refractivity contribution is 6.00. The van der Waals surface area contributed by atoms with E-state index < -0.39 is 0 Å². The Balaban J connectivity index is 0.000000107. The number of nitrogens with zero attached hydrogens (tertiary/aromatic N) is 13. The summed E-state index contributed by atoms with van der Waals surface area (Å²) in [6, 6.07) is 153. The van der Waals surface area contributed by atoms with E-state index in [9.17, 15) is 0 Å². The second-order valence-electron chi connectivity index (χ2n) is 35.3. The lowest BCUT2D eigenvalue weighted by Crippen LogP contribution is -1.91. The maximum atomic E-state index is 4.63. The molecule has 0 amide bonds. The summed E-state index contributed by atoms with van der Waals surface area (Å²) >= 11 is 0. The third kappa shape index (κ3) is 23.7. The molecule has 25 aromatic rings. The summed E-state index contributed by atoms with van der Waals surface area (Å²) in [6.07, 6.45) is 16.3. The van der Waals surface area contributed by atoms with Crippen LogP contribution >= 0.6 is 0 Å². The van der Waals surface area contributed by atoms with Gasteiger partial charge in [-0.05, 0) is 286 Å². The first-order valence-electron chi connectivity index (χ1n) is 48.4. The van der Waals surface area contributed by atoms with Crippen LogP contribution in [-0.2, 0) is 0 Å². The van der Waals surface area contributed by atoms with E-state index in [0.29, 0.717) is 0 Å². The van der Waals surface area contributed by atoms with Crippen molar-refractivity contribution in [1.29, 1.82) is 0 Å². The van der Waals surface area contributed by atoms with Crippen LogP contribution in [0.3, 0.4) is 0 Å². The van der Waals surface area contributed by atoms with Crippen molar-refractivity contribution < 1.29 is 0 Å². The number of aryl methyl sites for hydroxylation is 7. The zero-order valence-electron chi connectivity index (χ0n) is 81.7. The topological polar surface area (TPSA) is 168 Å². The fraction of sp³-hybridized carbons (Fsp3) is 0.0530. The van der Waals surface area contributed by atoms with Crippen LogP contribution < -0.4 is 0 Å². The summed E-state index contributed by atoms with van der Waals surface area (Å²) in [5.41, 5.74) is 41.1. The Kier molecular flexibility index (Phi) is 30.1. The maximum absolute atomic E-state index is 4.63. The van der Waals surface area contributed by atoms with Gasteiger partial charge in [0.15, 0.2) is 16.9 Å². The molecule has 696 valence electrons. The van der Waals surface area contributed by atoms with Crippen LogP contribution in [0.1, 0.15) is 39.9 Å². The summed E-state index contributed by atoms with van der Waals surface area (Å²) in [5.74, 6) is 0. The lowest BCUT2D eigenvalue weighted by molar-refractivity contribution is 1.20. The summed E-state index contributed by atoms with van der Waals surface area (Å²) in [6.45, 7) is 14.1. The summed E-state index contributed by atoms with van der Waals surface area (Å²) in [5, 5.41) is 6.70. The van der Waals surface area contributed by atoms with Crippen LogP contribution in [0.4, 0.5) is 0 Å². The first-order chi connectivity index (χ1) is 71.3. The van der Waals surface area contributed by atoms with Crippen molar-refractivity contribution in [3.8, 4) is 134 Å². The number of benzene rings is 12. The van der Waals surface area contributed by atoms with Crippen molar-refractivity contribution >= 4 is 65.8 Å². The zero-order valence-corrected chi connectivity index (χ0v) is 81.7. The molecule has 0 radical (unpaired) electrons. The van der Waals surface area contributed by atoms with Gasteiger partial charge in [0.2, 0.25) is 0 Å². The van der Waals surface area contributed by atoms with E-state index in [1.54, 1.807) is 18.6 Å². The van der Waals surface area contributed by atoms with Crippen molar-refractivity contribution in [3.05, 3.63) is 538 Å². The van der Waals surface area contributed by atoms with Gasteiger partial charge in [-0.1, -0.05) is 328 Å². The van der Waals surface area contributed by atoms with Gasteiger partial charge >= 0.3 is 0 Å². The summed E-state index contributed by atoms with van der Waals surface area (Å²) in [7, 11) is 0. The van der Waals surface area contributed by atoms with Crippen LogP contribution in [0.2, 0.25) is 0 Å². The predicted molar refractivity (Wildman–Crippen MR) is 600 cm³/mol. The second-order valence-corrected chi connectivity index (χ2v) is 35.3. The van der Waals surface area contributed by atoms with Crippen LogP contribution in [0.5, 0.6) is 0 Å². The van der Waals surface area contributed by atoms with Crippen molar-refractivity contribution in [2.75, 3.05) is 0 Å². The third-order valence-electron chi connectivity index (χ3n) is 24.8. The Morgan fingerprint density at radius 1 is 0.138 bits per heavy atom. The van der Waals surface area contributed by atoms with Gasteiger partial charge in [-0.3, -0.25) is 34.9 Å². The van der Waals surface area contributed by atoms with Crippen molar-refractivity contribution in [2.24, 2.45) is 0 Å². The molecule has 13 aromatic heterocycles. The molecule has 13 heterocycles. The molecule has 0 saturated heterocycles. The van der Waals surface area contributed by atoms with Gasteiger partial charge < -0.3 is 0 Å². The molecule has 0 N–H and O–H groups in total. The van der Waals surface area contributed by atoms with E-state index in [-0.39, 0.29) is 0 Å². The molecule has 13 heteroatoms. The molecular weight excluding hydrogens is 1770 g/mol. The minimum Gasteiger partial charge on any atom is -0.262 e. The fourth-order valence-corrected chi connectivity index (χ4v) is 18.0. The third-order valence-corrected chi connectivity index (χ3v) is 24.8. The van der Waals surface area contributed by atoms with Crippen LogP contribution in [0, 0.1) is 48.5 Å². The number of rotatable bonds is 12. The Labute approximate surface area is 845 Å². The van der Waals surface area contributed by atoms with Gasteiger partial charge in [-0.25, -0.2) is 29.9 Å². The van der Waals surface area contributed by atoms with Gasteiger partial charge in [0.25, 0.3) is 0 Å². The molecule has 0 aliphatic carbocycles. The standard InChI is InChI=1S/4C21H16N2.C18H15N.2C15H12N2/c1-15-13-20(19-11-6-12-22-21(19)23-15)18-10-5-9-17(14-18)16-7-3-2-4-8-16;1-15-14-20(19-8-5-13-22-21(19)23-15)18-11-9-17(10-12-18)16-6-3-2-4-7-16;1-15-12-20(19-10-11-22-14-21(19)23-15)18-9-5-8-17(13-18)16-6-3-2-4-7-16;1-15-13-20(19-11-12-22-14-21(19)23-15)18-9-7-17(8-10-18)16-5-3-2-4-6-16;1-14-12-17(15-8-4-2-5-9-15)13-18(19-14)16-10-6-3-7-11-16;1-11-10-14(12-6-3-2-4-7-12)13-8-5-9-16-15(13)17-11;1-11-9-14(12-5-3-2-4-6-12)13-7-8-16-10-15(13)17-11/h4*2-14H,1H3;2-13H,1H3;2*2-10H,1H3. The fourth-order valence-electron chi connectivity index (χ4n) is 18.0. The number of hydrogen-bond acceptors (Lipinski definition) is 13. The molecule has 0 unspecified atom stereocenters. The van der Waals surface area contributed by atoms with Gasteiger partial charge in [0, 0.05) is 115 Å². The highest BCUT2D eigenvalue weighted by Crippen LogP contribution is 2.39. The minimum atomic E-state index is 0.799. The molecule has 13 nitrogen and oxygen atoms in total. The molecule has 145 heavy (non-hydrogen) atoms. The number of pyridine rings is 13. The Morgan fingerprint density at radius 3 is 0.690 bits per heavy atom. The zero-order chi connectivity index (χ0) is 99.0. The van der Waals surface area contributed by atoms with E-state index in [4.69, 9.17) is 0 Å². The monoisotopic (exact) mass is 1870 g/mol. The van der Waals surface area contributed by atoms with Gasteiger partial charge in [-0.15, -0.1) is 0 Å². The number of hydrogen-bond donors (Lipinski definition) is 0. The molecule has 0 spiro atoms. The number of aromatic nitrogens is 13. The van der Waals surface area contributed by atoms with Gasteiger partial charge in [-0.2, -0.15) is 0 Å². The quantitative estimate of drug-likeness (QED) is 0.113. The number of fused-ring (bicyclic) bond motifs is 6. The summed E-state index contributed by atoms with van der Waals surface area (Å²) in [4.78, 5) is 57.4. The lowest BCUT2D eigenvalue weighted by atomic mass is 9.97. The lowest BCUT2D eigenvalue weighted by Gasteiger charge is -2.10. The first kappa shape index (κ1) is 95.1. The van der Waals surface area contributed by atoms with Gasteiger partial charge in [0.1, 0.15) is 0 Å². The minimum absolute atomic E-state index is 0.799. The Morgan fingerprint density at radius 2 is 0.366 bits per heavy atom. The maximum Gasteiger partial charge on any atom is 0.159 e. The molecular formula is C132H103N13. The largest absolute Gasteiger partial charge is 0.262 e. The predicted octanol–water partition coefficient (Wildman–Crippen LogP) is 33.0. The molecule has 0 atom stereocenters. The van der Waals surface area contributed by atoms with E-state index in [1.807, 2.05) is 195 Å². The van der Waals surface area contributed by atoms with Crippen LogP contribution in [0.25, 0.3) is 199 Å². The highest BCUT2D eigenvalue weighted by Gasteiger charge is 2.16. The van der Waals surface area contributed by atoms with Crippen molar-refractivity contribution in [1.82, 2.24) is 64.8 Å². The van der Waals surface area contributed by atoms with Crippen LogP contribution in [-0.4, -0.2) is 64.8 Å². The molecule has 0 aliphatic heterocycles. The molecule has 12 aromatic carbocycles. The van der Waals surface area contributed by atoms with Crippen molar-refractivity contribution in [3.63, 3.8) is 0 Å². The molecule has 0 bridgehead atoms. The average molecular weight is 1870 g/mol. The SMILES string of the molecule is Cc1cc(-c2ccc(-c3ccccc3)cc2)c2cccnc2n1.Cc1cc(-c2ccc(-c3ccccc3)cc2)c2ccncc2n1.Cc1cc(-c2cccc(-c3ccccc3)c2)c2cccnc2n1.Cc1cc(-c2cccc(-c3ccccc3)c2)c2ccncc2n1.Cc1cc(-c2ccccc2)c2cccnc2n1.Cc1cc(-c2ccccc2)c2ccncc2n1.Cc1cc(-c2ccccc2)cc(-c2ccccc2)n1. The first-order valence-corrected chi connectivity index (χ1v) is 48.4. The van der Waals surface area contributed by atoms with E-state index in [1.165, 1.54) is 122 Å². The molecule has 0 fully saturated rings. The highest BCUT2D eigenvalue weighted by atomic mass is 14.9. The van der Waals surface area contributed by atoms with Gasteiger partial charge in [0.05, 0.1) is 40.8 Å². The van der Waals surface area contributed by atoms with Crippen LogP contribution in [0.15, 0.2) is 499 Å². The van der Waals surface area contributed by atoms with E-state index >= 15 is 0 Å².